The van der Waals surface area contributed by atoms with Crippen LogP contribution in [-0.4, -0.2) is 52.5 Å². The van der Waals surface area contributed by atoms with E-state index in [1.807, 2.05) is 50.8 Å². The molecule has 1 saturated heterocycles. The SMILES string of the molecule is Cc1ccc2c(c1)NC(CC(C)O)(C1CCN(C(=O)C3Cc4ccc(NC(=O)OC(C)(C)C)cc4C3)CC1)N2. The molecule has 0 saturated carbocycles. The highest BCUT2D eigenvalue weighted by atomic mass is 16.6. The van der Waals surface area contributed by atoms with E-state index < -0.39 is 23.5 Å². The number of aryl methyl sites for hydroxylation is 1. The number of amides is 2. The summed E-state index contributed by atoms with van der Waals surface area (Å²) in [5.74, 6) is 0.419. The van der Waals surface area contributed by atoms with Crippen LogP contribution in [0.15, 0.2) is 36.4 Å². The van der Waals surface area contributed by atoms with E-state index in [2.05, 4.69) is 41.1 Å². The maximum absolute atomic E-state index is 13.6. The van der Waals surface area contributed by atoms with Crippen molar-refractivity contribution in [2.75, 3.05) is 29.0 Å². The number of hydrogen-bond donors (Lipinski definition) is 4. The molecule has 1 aliphatic carbocycles. The molecule has 2 aromatic carbocycles. The normalized spacial score (nSPS) is 23.3. The summed E-state index contributed by atoms with van der Waals surface area (Å²) in [4.78, 5) is 27.8. The van der Waals surface area contributed by atoms with E-state index in [0.29, 0.717) is 31.6 Å². The first kappa shape index (κ1) is 27.3. The number of aliphatic hydroxyl groups excluding tert-OH is 1. The second kappa shape index (κ2) is 10.4. The lowest BCUT2D eigenvalue weighted by atomic mass is 9.80. The number of ether oxygens (including phenoxy) is 1. The molecule has 39 heavy (non-hydrogen) atoms. The van der Waals surface area contributed by atoms with Crippen molar-refractivity contribution in [3.05, 3.63) is 53.1 Å². The maximum Gasteiger partial charge on any atom is 0.412 e. The zero-order valence-corrected chi connectivity index (χ0v) is 23.8. The number of piperidine rings is 1. The van der Waals surface area contributed by atoms with Crippen molar-refractivity contribution in [3.8, 4) is 0 Å². The lowest BCUT2D eigenvalue weighted by molar-refractivity contribution is -0.137. The highest BCUT2D eigenvalue weighted by molar-refractivity contribution is 5.85. The predicted molar refractivity (Wildman–Crippen MR) is 154 cm³/mol. The average Bonchev–Trinajstić information content (AvgIpc) is 3.43. The summed E-state index contributed by atoms with van der Waals surface area (Å²) in [5.41, 5.74) is 5.34. The highest BCUT2D eigenvalue weighted by Crippen LogP contribution is 2.44. The summed E-state index contributed by atoms with van der Waals surface area (Å²) in [6.45, 7) is 10.8. The fraction of sp³-hybridized carbons (Fsp3) is 0.548. The molecule has 2 heterocycles. The Hall–Kier alpha value is -3.26. The molecule has 210 valence electrons. The third kappa shape index (κ3) is 6.01. The number of hydrogen-bond acceptors (Lipinski definition) is 6. The minimum atomic E-state index is -0.561. The van der Waals surface area contributed by atoms with Gasteiger partial charge < -0.3 is 25.4 Å². The van der Waals surface area contributed by atoms with Gasteiger partial charge in [-0.05, 0) is 101 Å². The van der Waals surface area contributed by atoms with Crippen LogP contribution >= 0.6 is 0 Å². The molecule has 4 N–H and O–H groups in total. The predicted octanol–water partition coefficient (Wildman–Crippen LogP) is 5.30. The van der Waals surface area contributed by atoms with Crippen LogP contribution in [0.5, 0.6) is 0 Å². The lowest BCUT2D eigenvalue weighted by Crippen LogP contribution is -2.55. The Balaban J connectivity index is 1.19. The molecule has 2 aliphatic heterocycles. The van der Waals surface area contributed by atoms with Gasteiger partial charge in [0.05, 0.1) is 17.5 Å². The number of carbonyl (C=O) groups excluding carboxylic acids is 2. The van der Waals surface area contributed by atoms with Gasteiger partial charge in [-0.1, -0.05) is 12.1 Å². The molecule has 3 atom stereocenters. The Morgan fingerprint density at radius 2 is 1.77 bits per heavy atom. The Bertz CT molecular complexity index is 1250. The molecule has 3 unspecified atom stereocenters. The number of nitrogens with one attached hydrogen (secondary N) is 3. The molecular formula is C31H42N4O4. The zero-order chi connectivity index (χ0) is 27.9. The fourth-order valence-electron chi connectivity index (χ4n) is 6.46. The third-order valence-corrected chi connectivity index (χ3v) is 8.14. The van der Waals surface area contributed by atoms with Crippen molar-refractivity contribution in [1.29, 1.82) is 0 Å². The Morgan fingerprint density at radius 1 is 1.08 bits per heavy atom. The zero-order valence-electron chi connectivity index (χ0n) is 23.8. The van der Waals surface area contributed by atoms with Crippen LogP contribution in [0.1, 0.15) is 63.6 Å². The van der Waals surface area contributed by atoms with Crippen LogP contribution in [0.4, 0.5) is 21.9 Å². The topological polar surface area (TPSA) is 103 Å². The minimum Gasteiger partial charge on any atom is -0.444 e. The summed E-state index contributed by atoms with van der Waals surface area (Å²) in [6.07, 6.45) is 2.81. The molecule has 8 heteroatoms. The Morgan fingerprint density at radius 3 is 2.46 bits per heavy atom. The van der Waals surface area contributed by atoms with Crippen molar-refractivity contribution in [3.63, 3.8) is 0 Å². The molecule has 1 fully saturated rings. The van der Waals surface area contributed by atoms with Gasteiger partial charge >= 0.3 is 6.09 Å². The van der Waals surface area contributed by atoms with Crippen LogP contribution in [0, 0.1) is 18.8 Å². The number of rotatable bonds is 5. The van der Waals surface area contributed by atoms with Gasteiger partial charge in [-0.15, -0.1) is 0 Å². The molecule has 0 spiro atoms. The standard InChI is InChI=1S/C31H42N4O4/c1-19-6-9-26-27(14-19)34-31(33-26,18-20(2)36)24-10-12-35(13-11-24)28(37)23-15-21-7-8-25(17-22(21)16-23)32-29(38)39-30(3,4)5/h6-9,14,17,20,23-24,33-34,36H,10-13,15-16,18H2,1-5H3,(H,32,38). The van der Waals surface area contributed by atoms with E-state index in [0.717, 1.165) is 36.2 Å². The van der Waals surface area contributed by atoms with Gasteiger partial charge in [0.15, 0.2) is 0 Å². The molecule has 8 nitrogen and oxygen atoms in total. The van der Waals surface area contributed by atoms with E-state index in [9.17, 15) is 14.7 Å². The number of anilines is 3. The molecule has 2 amide bonds. The molecular weight excluding hydrogens is 492 g/mol. The number of likely N-dealkylation sites (tertiary alicyclic amines) is 1. The van der Waals surface area contributed by atoms with E-state index in [1.165, 1.54) is 11.1 Å². The lowest BCUT2D eigenvalue weighted by Gasteiger charge is -2.44. The molecule has 0 radical (unpaired) electrons. The monoisotopic (exact) mass is 534 g/mol. The van der Waals surface area contributed by atoms with Crippen LogP contribution < -0.4 is 16.0 Å². The van der Waals surface area contributed by atoms with Gasteiger partial charge in [-0.2, -0.15) is 0 Å². The average molecular weight is 535 g/mol. The number of aliphatic hydroxyl groups is 1. The Kier molecular flexibility index (Phi) is 7.27. The maximum atomic E-state index is 13.6. The molecule has 0 aromatic heterocycles. The smallest absolute Gasteiger partial charge is 0.412 e. The van der Waals surface area contributed by atoms with Gasteiger partial charge in [0.1, 0.15) is 11.3 Å². The summed E-state index contributed by atoms with van der Waals surface area (Å²) < 4.78 is 5.36. The van der Waals surface area contributed by atoms with Crippen LogP contribution in [0.25, 0.3) is 0 Å². The van der Waals surface area contributed by atoms with Crippen molar-refractivity contribution < 1.29 is 19.4 Å². The summed E-state index contributed by atoms with van der Waals surface area (Å²) in [6, 6.07) is 12.2. The van der Waals surface area contributed by atoms with Crippen molar-refractivity contribution in [2.24, 2.45) is 11.8 Å². The molecule has 0 bridgehead atoms. The van der Waals surface area contributed by atoms with E-state index >= 15 is 0 Å². The summed E-state index contributed by atoms with van der Waals surface area (Å²) in [7, 11) is 0. The largest absolute Gasteiger partial charge is 0.444 e. The van der Waals surface area contributed by atoms with Gasteiger partial charge in [0.25, 0.3) is 0 Å². The number of carbonyl (C=O) groups is 2. The number of fused-ring (bicyclic) bond motifs is 2. The van der Waals surface area contributed by atoms with Gasteiger partial charge in [-0.3, -0.25) is 10.1 Å². The van der Waals surface area contributed by atoms with Gasteiger partial charge in [0.2, 0.25) is 5.91 Å². The van der Waals surface area contributed by atoms with Crippen molar-refractivity contribution in [1.82, 2.24) is 4.90 Å². The third-order valence-electron chi connectivity index (χ3n) is 8.14. The van der Waals surface area contributed by atoms with Gasteiger partial charge in [0, 0.05) is 37.0 Å². The fourth-order valence-corrected chi connectivity index (χ4v) is 6.46. The van der Waals surface area contributed by atoms with E-state index in [-0.39, 0.29) is 17.7 Å². The molecule has 5 rings (SSSR count). The summed E-state index contributed by atoms with van der Waals surface area (Å²) in [5, 5.41) is 20.6. The van der Waals surface area contributed by atoms with Crippen molar-refractivity contribution >= 4 is 29.1 Å². The molecule has 2 aromatic rings. The Labute approximate surface area is 231 Å². The van der Waals surface area contributed by atoms with Crippen LogP contribution in [0.2, 0.25) is 0 Å². The van der Waals surface area contributed by atoms with E-state index in [1.54, 1.807) is 0 Å². The first-order valence-corrected chi connectivity index (χ1v) is 14.2. The number of nitrogens with zero attached hydrogens (tertiary/aromatic N) is 1. The highest BCUT2D eigenvalue weighted by Gasteiger charge is 2.46. The first-order valence-electron chi connectivity index (χ1n) is 14.2. The second-order valence-corrected chi connectivity index (χ2v) is 12.6. The summed E-state index contributed by atoms with van der Waals surface area (Å²) >= 11 is 0. The van der Waals surface area contributed by atoms with Gasteiger partial charge in [-0.25, -0.2) is 4.79 Å². The van der Waals surface area contributed by atoms with E-state index in [4.69, 9.17) is 4.74 Å². The van der Waals surface area contributed by atoms with Crippen molar-refractivity contribution in [2.45, 2.75) is 84.1 Å². The minimum absolute atomic E-state index is 0.0743. The molecule has 3 aliphatic rings. The quantitative estimate of drug-likeness (QED) is 0.415. The van der Waals surface area contributed by atoms with Crippen LogP contribution in [0.3, 0.4) is 0 Å². The number of benzene rings is 2. The second-order valence-electron chi connectivity index (χ2n) is 12.6. The van der Waals surface area contributed by atoms with Crippen LogP contribution in [-0.2, 0) is 22.4 Å². The first-order chi connectivity index (χ1) is 18.4.